The molecule has 2 aromatic rings. The van der Waals surface area contributed by atoms with Crippen LogP contribution in [0, 0.1) is 9.39 Å². The minimum Gasteiger partial charge on any atom is -0.346 e. The maximum absolute atomic E-state index is 12.8. The predicted molar refractivity (Wildman–Crippen MR) is 81.4 cm³/mol. The molecule has 0 saturated carbocycles. The van der Waals surface area contributed by atoms with Gasteiger partial charge in [-0.1, -0.05) is 12.1 Å². The number of hydrogen-bond donors (Lipinski definition) is 1. The van der Waals surface area contributed by atoms with Gasteiger partial charge in [0.05, 0.1) is 6.04 Å². The van der Waals surface area contributed by atoms with Crippen molar-refractivity contribution in [1.82, 2.24) is 5.32 Å². The highest BCUT2D eigenvalue weighted by Crippen LogP contribution is 2.14. The summed E-state index contributed by atoms with van der Waals surface area (Å²) in [5.74, 6) is -0.409. The maximum atomic E-state index is 12.8. The highest BCUT2D eigenvalue weighted by Gasteiger charge is 2.11. The number of nitrogens with one attached hydrogen (secondary N) is 1. The molecule has 0 saturated heterocycles. The number of carbonyl (C=O) groups excluding carboxylic acids is 1. The Morgan fingerprint density at radius 1 is 1.11 bits per heavy atom. The summed E-state index contributed by atoms with van der Waals surface area (Å²) in [5.41, 5.74) is 1.50. The molecule has 1 N–H and O–H groups in total. The SMILES string of the molecule is C[C@@H](NC(=O)c1ccc(I)cc1)c1ccc(F)cc1. The fraction of sp³-hybridized carbons (Fsp3) is 0.133. The van der Waals surface area contributed by atoms with Crippen molar-refractivity contribution in [3.8, 4) is 0 Å². The molecule has 0 aliphatic carbocycles. The zero-order valence-electron chi connectivity index (χ0n) is 10.4. The van der Waals surface area contributed by atoms with Crippen molar-refractivity contribution in [3.05, 3.63) is 69.0 Å². The topological polar surface area (TPSA) is 29.1 Å². The van der Waals surface area contributed by atoms with E-state index in [1.807, 2.05) is 19.1 Å². The van der Waals surface area contributed by atoms with Gasteiger partial charge >= 0.3 is 0 Å². The summed E-state index contributed by atoms with van der Waals surface area (Å²) in [6.45, 7) is 1.87. The molecule has 0 bridgehead atoms. The van der Waals surface area contributed by atoms with Crippen molar-refractivity contribution in [3.63, 3.8) is 0 Å². The molecule has 0 fully saturated rings. The molecule has 0 spiro atoms. The molecule has 98 valence electrons. The molecule has 19 heavy (non-hydrogen) atoms. The molecule has 0 unspecified atom stereocenters. The third-order valence-electron chi connectivity index (χ3n) is 2.82. The molecule has 0 aliphatic rings. The Balaban J connectivity index is 2.06. The van der Waals surface area contributed by atoms with E-state index in [2.05, 4.69) is 27.9 Å². The first-order valence-corrected chi connectivity index (χ1v) is 6.96. The van der Waals surface area contributed by atoms with E-state index in [0.717, 1.165) is 9.13 Å². The second kappa shape index (κ2) is 6.14. The monoisotopic (exact) mass is 369 g/mol. The van der Waals surface area contributed by atoms with Gasteiger partial charge in [-0.2, -0.15) is 0 Å². The van der Waals surface area contributed by atoms with Crippen LogP contribution in [0.5, 0.6) is 0 Å². The van der Waals surface area contributed by atoms with Crippen molar-refractivity contribution >= 4 is 28.5 Å². The van der Waals surface area contributed by atoms with E-state index in [4.69, 9.17) is 0 Å². The lowest BCUT2D eigenvalue weighted by atomic mass is 10.1. The molecule has 2 rings (SSSR count). The van der Waals surface area contributed by atoms with E-state index in [-0.39, 0.29) is 17.8 Å². The highest BCUT2D eigenvalue weighted by atomic mass is 127. The van der Waals surface area contributed by atoms with E-state index in [0.29, 0.717) is 5.56 Å². The lowest BCUT2D eigenvalue weighted by Gasteiger charge is -2.14. The minimum atomic E-state index is -0.278. The molecule has 2 nitrogen and oxygen atoms in total. The van der Waals surface area contributed by atoms with Gasteiger partial charge in [-0.05, 0) is 71.5 Å². The molecule has 0 radical (unpaired) electrons. The van der Waals surface area contributed by atoms with Crippen molar-refractivity contribution in [2.75, 3.05) is 0 Å². The highest BCUT2D eigenvalue weighted by molar-refractivity contribution is 14.1. The van der Waals surface area contributed by atoms with E-state index in [9.17, 15) is 9.18 Å². The Morgan fingerprint density at radius 3 is 2.26 bits per heavy atom. The van der Waals surface area contributed by atoms with Gasteiger partial charge in [0.25, 0.3) is 5.91 Å². The van der Waals surface area contributed by atoms with Gasteiger partial charge in [-0.15, -0.1) is 0 Å². The van der Waals surface area contributed by atoms with Crippen LogP contribution in [0.15, 0.2) is 48.5 Å². The third kappa shape index (κ3) is 3.76. The first kappa shape index (κ1) is 14.0. The van der Waals surface area contributed by atoms with E-state index in [1.54, 1.807) is 24.3 Å². The molecule has 2 aromatic carbocycles. The lowest BCUT2D eigenvalue weighted by molar-refractivity contribution is 0.0940. The van der Waals surface area contributed by atoms with Gasteiger partial charge in [-0.25, -0.2) is 4.39 Å². The van der Waals surface area contributed by atoms with Gasteiger partial charge < -0.3 is 5.32 Å². The zero-order chi connectivity index (χ0) is 13.8. The number of hydrogen-bond acceptors (Lipinski definition) is 1. The Labute approximate surface area is 125 Å². The summed E-state index contributed by atoms with van der Waals surface area (Å²) in [6.07, 6.45) is 0. The quantitative estimate of drug-likeness (QED) is 0.817. The normalized spacial score (nSPS) is 11.9. The predicted octanol–water partition coefficient (Wildman–Crippen LogP) is 3.92. The summed E-state index contributed by atoms with van der Waals surface area (Å²) < 4.78 is 13.9. The Morgan fingerprint density at radius 2 is 1.68 bits per heavy atom. The summed E-state index contributed by atoms with van der Waals surface area (Å²) in [6, 6.07) is 13.3. The van der Waals surface area contributed by atoms with Gasteiger partial charge in [-0.3, -0.25) is 4.79 Å². The zero-order valence-corrected chi connectivity index (χ0v) is 12.5. The average molecular weight is 369 g/mol. The molecule has 1 atom stereocenters. The number of carbonyl (C=O) groups is 1. The van der Waals surface area contributed by atoms with Crippen LogP contribution in [0.3, 0.4) is 0 Å². The molecule has 1 amide bonds. The van der Waals surface area contributed by atoms with Crippen LogP contribution in [-0.2, 0) is 0 Å². The maximum Gasteiger partial charge on any atom is 0.251 e. The summed E-state index contributed by atoms with van der Waals surface area (Å²) in [5, 5.41) is 2.89. The van der Waals surface area contributed by atoms with Crippen LogP contribution in [0.2, 0.25) is 0 Å². The smallest absolute Gasteiger partial charge is 0.251 e. The summed E-state index contributed by atoms with van der Waals surface area (Å²) in [4.78, 5) is 12.0. The number of halogens is 2. The Bertz CT molecular complexity index is 566. The Kier molecular flexibility index (Phi) is 4.52. The lowest BCUT2D eigenvalue weighted by Crippen LogP contribution is -2.26. The molecule has 0 aromatic heterocycles. The van der Waals surface area contributed by atoms with Crippen molar-refractivity contribution < 1.29 is 9.18 Å². The molecule has 0 heterocycles. The van der Waals surface area contributed by atoms with E-state index in [1.165, 1.54) is 12.1 Å². The number of rotatable bonds is 3. The van der Waals surface area contributed by atoms with Gasteiger partial charge in [0.2, 0.25) is 0 Å². The van der Waals surface area contributed by atoms with Crippen LogP contribution >= 0.6 is 22.6 Å². The fourth-order valence-electron chi connectivity index (χ4n) is 1.72. The fourth-order valence-corrected chi connectivity index (χ4v) is 2.08. The van der Waals surface area contributed by atoms with Crippen LogP contribution in [0.25, 0.3) is 0 Å². The van der Waals surface area contributed by atoms with E-state index < -0.39 is 0 Å². The van der Waals surface area contributed by atoms with Crippen LogP contribution in [-0.4, -0.2) is 5.91 Å². The largest absolute Gasteiger partial charge is 0.346 e. The average Bonchev–Trinajstić information content (AvgIpc) is 2.40. The second-order valence-corrected chi connectivity index (χ2v) is 5.50. The van der Waals surface area contributed by atoms with Crippen molar-refractivity contribution in [2.45, 2.75) is 13.0 Å². The number of benzene rings is 2. The number of amides is 1. The van der Waals surface area contributed by atoms with Gasteiger partial charge in [0.15, 0.2) is 0 Å². The molecular weight excluding hydrogens is 356 g/mol. The van der Waals surface area contributed by atoms with Crippen molar-refractivity contribution in [1.29, 1.82) is 0 Å². The summed E-state index contributed by atoms with van der Waals surface area (Å²) in [7, 11) is 0. The first-order valence-electron chi connectivity index (χ1n) is 5.88. The van der Waals surface area contributed by atoms with Crippen LogP contribution in [0.1, 0.15) is 28.9 Å². The standard InChI is InChI=1S/C15H13FINO/c1-10(11-2-6-13(16)7-3-11)18-15(19)12-4-8-14(17)9-5-12/h2-10H,1H3,(H,18,19)/t10-/m1/s1. The second-order valence-electron chi connectivity index (χ2n) is 4.25. The van der Waals surface area contributed by atoms with Gasteiger partial charge in [0.1, 0.15) is 5.82 Å². The minimum absolute atomic E-state index is 0.131. The van der Waals surface area contributed by atoms with Gasteiger partial charge in [0, 0.05) is 9.13 Å². The summed E-state index contributed by atoms with van der Waals surface area (Å²) >= 11 is 2.19. The van der Waals surface area contributed by atoms with Crippen LogP contribution in [0.4, 0.5) is 4.39 Å². The molecule has 0 aliphatic heterocycles. The Hall–Kier alpha value is -1.43. The molecular formula is C15H13FINO. The first-order chi connectivity index (χ1) is 9.06. The molecule has 4 heteroatoms. The van der Waals surface area contributed by atoms with Crippen molar-refractivity contribution in [2.24, 2.45) is 0 Å². The van der Waals surface area contributed by atoms with Crippen LogP contribution < -0.4 is 5.32 Å². The van der Waals surface area contributed by atoms with E-state index >= 15 is 0 Å². The third-order valence-corrected chi connectivity index (χ3v) is 3.54.